The van der Waals surface area contributed by atoms with E-state index in [1.807, 2.05) is 35.9 Å². The third kappa shape index (κ3) is 3.37. The van der Waals surface area contributed by atoms with Crippen LogP contribution in [0.5, 0.6) is 0 Å². The molecule has 0 aliphatic heterocycles. The summed E-state index contributed by atoms with van der Waals surface area (Å²) in [4.78, 5) is 27.1. The van der Waals surface area contributed by atoms with Crippen molar-refractivity contribution in [2.24, 2.45) is 0 Å². The Morgan fingerprint density at radius 3 is 2.67 bits per heavy atom. The van der Waals surface area contributed by atoms with Gasteiger partial charge in [-0.1, -0.05) is 0 Å². The highest BCUT2D eigenvalue weighted by atomic mass is 35.5. The average Bonchev–Trinajstić information content (AvgIpc) is 3.45. The molecular weight excluding hydrogens is 420 g/mol. The van der Waals surface area contributed by atoms with Crippen LogP contribution in [0.4, 0.5) is 0 Å². The topological polar surface area (TPSA) is 71.3 Å². The highest BCUT2D eigenvalue weighted by molar-refractivity contribution is 7.15. The van der Waals surface area contributed by atoms with Crippen LogP contribution in [0.15, 0.2) is 29.2 Å². The van der Waals surface area contributed by atoms with Crippen molar-refractivity contribution in [3.63, 3.8) is 0 Å². The molecule has 0 amide bonds. The molecule has 5 nitrogen and oxygen atoms in total. The Labute approximate surface area is 185 Å². The predicted octanol–water partition coefficient (Wildman–Crippen LogP) is 5.09. The van der Waals surface area contributed by atoms with E-state index in [9.17, 15) is 14.7 Å². The first-order valence-electron chi connectivity index (χ1n) is 10.2. The molecule has 30 heavy (non-hydrogen) atoms. The van der Waals surface area contributed by atoms with Gasteiger partial charge in [0.25, 0.3) is 0 Å². The fraction of sp³-hybridized carbons (Fsp3) is 0.391. The van der Waals surface area contributed by atoms with Crippen LogP contribution >= 0.6 is 23.7 Å². The number of hydrogen-bond donors (Lipinski definition) is 2. The summed E-state index contributed by atoms with van der Waals surface area (Å²) in [5.41, 5.74) is 3.88. The number of pyridine rings is 1. The number of benzene rings is 1. The lowest BCUT2D eigenvalue weighted by Gasteiger charge is -2.21. The van der Waals surface area contributed by atoms with Gasteiger partial charge in [-0.15, -0.1) is 23.7 Å². The van der Waals surface area contributed by atoms with Crippen molar-refractivity contribution >= 4 is 40.6 Å². The monoisotopic (exact) mass is 444 g/mol. The van der Waals surface area contributed by atoms with Crippen LogP contribution in [0.2, 0.25) is 0 Å². The van der Waals surface area contributed by atoms with E-state index in [2.05, 4.69) is 17.4 Å². The number of rotatable bonds is 4. The number of nitrogens with one attached hydrogen (secondary N) is 1. The number of carboxylic acids is 1. The minimum absolute atomic E-state index is 0. The van der Waals surface area contributed by atoms with E-state index in [0.717, 1.165) is 42.3 Å². The molecule has 0 saturated heterocycles. The SMILES string of the molecule is CNC1CCCc2sc(-c3cc4c(cc3C)c(=O)c(C(=O)O)cn4C3CC3)cc21.Cl. The molecule has 158 valence electrons. The Morgan fingerprint density at radius 2 is 2.00 bits per heavy atom. The number of aromatic nitrogens is 1. The lowest BCUT2D eigenvalue weighted by Crippen LogP contribution is -2.19. The third-order valence-corrected chi connectivity index (χ3v) is 7.52. The summed E-state index contributed by atoms with van der Waals surface area (Å²) in [6, 6.07) is 6.98. The second-order valence-corrected chi connectivity index (χ2v) is 9.36. The molecule has 1 saturated carbocycles. The first kappa shape index (κ1) is 21.1. The van der Waals surface area contributed by atoms with Crippen LogP contribution in [0.25, 0.3) is 21.3 Å². The quantitative estimate of drug-likeness (QED) is 0.588. The maximum Gasteiger partial charge on any atom is 0.341 e. The predicted molar refractivity (Wildman–Crippen MR) is 123 cm³/mol. The van der Waals surface area contributed by atoms with Gasteiger partial charge in [-0.05, 0) is 81.0 Å². The van der Waals surface area contributed by atoms with Crippen LogP contribution in [-0.2, 0) is 6.42 Å². The highest BCUT2D eigenvalue weighted by Gasteiger charge is 2.28. The number of carboxylic acid groups (broad SMARTS) is 1. The molecule has 2 aromatic heterocycles. The molecule has 1 aromatic carbocycles. The molecular formula is C23H25ClN2O3S. The van der Waals surface area contributed by atoms with Gasteiger partial charge in [0.2, 0.25) is 5.43 Å². The summed E-state index contributed by atoms with van der Waals surface area (Å²) in [5, 5.41) is 13.4. The molecule has 0 bridgehead atoms. The van der Waals surface area contributed by atoms with Gasteiger partial charge < -0.3 is 15.0 Å². The molecule has 2 aliphatic carbocycles. The first-order valence-corrected chi connectivity index (χ1v) is 11.0. The Bertz CT molecular complexity index is 1210. The zero-order valence-electron chi connectivity index (χ0n) is 17.0. The standard InChI is InChI=1S/C23H24N2O3S.ClH/c1-12-8-16-19(25(13-6-7-13)11-17(22(16)26)23(27)28)9-14(12)21-10-15-18(24-2)4-3-5-20(15)29-21;/h8-11,13,18,24H,3-7H2,1-2H3,(H,27,28);1H. The van der Waals surface area contributed by atoms with Crippen LogP contribution in [0.1, 0.15) is 64.1 Å². The number of halogens is 1. The summed E-state index contributed by atoms with van der Waals surface area (Å²) in [6.07, 6.45) is 7.08. The minimum atomic E-state index is -1.16. The van der Waals surface area contributed by atoms with Gasteiger partial charge >= 0.3 is 5.97 Å². The van der Waals surface area contributed by atoms with E-state index in [1.54, 1.807) is 6.20 Å². The maximum atomic E-state index is 12.8. The van der Waals surface area contributed by atoms with Crippen LogP contribution in [0, 0.1) is 6.92 Å². The Hall–Kier alpha value is -2.15. The summed E-state index contributed by atoms with van der Waals surface area (Å²) in [7, 11) is 2.02. The summed E-state index contributed by atoms with van der Waals surface area (Å²) < 4.78 is 2.01. The summed E-state index contributed by atoms with van der Waals surface area (Å²) in [5.74, 6) is -1.16. The number of carbonyl (C=O) groups is 1. The molecule has 2 heterocycles. The average molecular weight is 445 g/mol. The molecule has 1 atom stereocenters. The van der Waals surface area contributed by atoms with Crippen molar-refractivity contribution in [3.05, 3.63) is 56.2 Å². The van der Waals surface area contributed by atoms with Crippen molar-refractivity contribution < 1.29 is 9.90 Å². The zero-order valence-corrected chi connectivity index (χ0v) is 18.7. The Morgan fingerprint density at radius 1 is 1.23 bits per heavy atom. The summed E-state index contributed by atoms with van der Waals surface area (Å²) >= 11 is 1.85. The third-order valence-electron chi connectivity index (χ3n) is 6.28. The fourth-order valence-electron chi connectivity index (χ4n) is 4.56. The van der Waals surface area contributed by atoms with Gasteiger partial charge in [0.1, 0.15) is 5.56 Å². The lowest BCUT2D eigenvalue weighted by atomic mass is 9.93. The molecule has 1 fully saturated rings. The number of aromatic carboxylic acids is 1. The number of nitrogens with zero attached hydrogens (tertiary/aromatic N) is 1. The second kappa shape index (κ2) is 7.84. The second-order valence-electron chi connectivity index (χ2n) is 8.22. The molecule has 2 N–H and O–H groups in total. The van der Waals surface area contributed by atoms with E-state index < -0.39 is 5.97 Å². The van der Waals surface area contributed by atoms with Crippen LogP contribution < -0.4 is 10.7 Å². The van der Waals surface area contributed by atoms with E-state index >= 15 is 0 Å². The van der Waals surface area contributed by atoms with Gasteiger partial charge in [0.05, 0.1) is 5.52 Å². The normalized spacial score (nSPS) is 18.1. The molecule has 0 spiro atoms. The van der Waals surface area contributed by atoms with Crippen molar-refractivity contribution in [3.8, 4) is 10.4 Å². The molecule has 3 aromatic rings. The van der Waals surface area contributed by atoms with Crippen molar-refractivity contribution in [2.75, 3.05) is 7.05 Å². The van der Waals surface area contributed by atoms with Gasteiger partial charge in [-0.2, -0.15) is 0 Å². The van der Waals surface area contributed by atoms with Crippen molar-refractivity contribution in [1.29, 1.82) is 0 Å². The molecule has 5 rings (SSSR count). The van der Waals surface area contributed by atoms with E-state index in [0.29, 0.717) is 11.4 Å². The maximum absolute atomic E-state index is 12.8. The van der Waals surface area contributed by atoms with Gasteiger partial charge in [0.15, 0.2) is 0 Å². The Kier molecular flexibility index (Phi) is 5.51. The zero-order chi connectivity index (χ0) is 20.3. The van der Waals surface area contributed by atoms with Gasteiger partial charge in [0, 0.05) is 33.4 Å². The highest BCUT2D eigenvalue weighted by Crippen LogP contribution is 2.42. The number of thiophene rings is 1. The van der Waals surface area contributed by atoms with Crippen LogP contribution in [-0.4, -0.2) is 22.7 Å². The Balaban J connectivity index is 0.00000218. The van der Waals surface area contributed by atoms with E-state index in [4.69, 9.17) is 0 Å². The molecule has 2 aliphatic rings. The van der Waals surface area contributed by atoms with Crippen molar-refractivity contribution in [2.45, 2.75) is 51.1 Å². The molecule has 1 unspecified atom stereocenters. The fourth-order valence-corrected chi connectivity index (χ4v) is 5.91. The number of hydrogen-bond acceptors (Lipinski definition) is 4. The minimum Gasteiger partial charge on any atom is -0.477 e. The number of aryl methyl sites for hydroxylation is 2. The summed E-state index contributed by atoms with van der Waals surface area (Å²) in [6.45, 7) is 2.01. The smallest absolute Gasteiger partial charge is 0.341 e. The molecule has 0 radical (unpaired) electrons. The number of fused-ring (bicyclic) bond motifs is 2. The van der Waals surface area contributed by atoms with E-state index in [-0.39, 0.29) is 29.4 Å². The van der Waals surface area contributed by atoms with Crippen LogP contribution in [0.3, 0.4) is 0 Å². The van der Waals surface area contributed by atoms with E-state index in [1.165, 1.54) is 21.7 Å². The first-order chi connectivity index (χ1) is 14.0. The van der Waals surface area contributed by atoms with Gasteiger partial charge in [-0.25, -0.2) is 4.79 Å². The molecule has 7 heteroatoms. The largest absolute Gasteiger partial charge is 0.477 e. The van der Waals surface area contributed by atoms with Gasteiger partial charge in [-0.3, -0.25) is 4.79 Å². The van der Waals surface area contributed by atoms with Crippen molar-refractivity contribution in [1.82, 2.24) is 9.88 Å². The lowest BCUT2D eigenvalue weighted by molar-refractivity contribution is 0.0695.